The number of hydrogen-bond acceptors (Lipinski definition) is 3. The highest BCUT2D eigenvalue weighted by atomic mass is 19.2. The van der Waals surface area contributed by atoms with Crippen molar-refractivity contribution in [3.63, 3.8) is 0 Å². The van der Waals surface area contributed by atoms with Crippen molar-refractivity contribution < 1.29 is 18.3 Å². The lowest BCUT2D eigenvalue weighted by atomic mass is 10.2. The van der Waals surface area contributed by atoms with E-state index in [2.05, 4.69) is 4.74 Å². The minimum absolute atomic E-state index is 0.268. The first-order valence-corrected chi connectivity index (χ1v) is 3.64. The lowest BCUT2D eigenvalue weighted by Gasteiger charge is -2.05. The zero-order valence-electron chi connectivity index (χ0n) is 7.30. The van der Waals surface area contributed by atoms with Crippen LogP contribution >= 0.6 is 0 Å². The van der Waals surface area contributed by atoms with Crippen LogP contribution in [0.25, 0.3) is 0 Å². The predicted octanol–water partition coefficient (Wildman–Crippen LogP) is 0.577. The Labute approximate surface area is 78.6 Å². The second-order valence-electron chi connectivity index (χ2n) is 2.42. The number of carbonyl (C=O) groups excluding carboxylic acids is 1. The molecule has 1 rings (SSSR count). The van der Waals surface area contributed by atoms with E-state index in [9.17, 15) is 13.6 Å². The van der Waals surface area contributed by atoms with E-state index >= 15 is 0 Å². The number of hydrazine groups is 1. The Kier molecular flexibility index (Phi) is 2.98. The summed E-state index contributed by atoms with van der Waals surface area (Å²) in [5.41, 5.74) is 1.23. The first-order chi connectivity index (χ1) is 6.61. The molecule has 0 aromatic heterocycles. The van der Waals surface area contributed by atoms with Gasteiger partial charge in [0.15, 0.2) is 11.6 Å². The van der Waals surface area contributed by atoms with Crippen LogP contribution in [0.2, 0.25) is 0 Å². The number of methoxy groups -OCH3 is 1. The van der Waals surface area contributed by atoms with Crippen molar-refractivity contribution in [2.45, 2.75) is 0 Å². The quantitative estimate of drug-likeness (QED) is 0.419. The van der Waals surface area contributed by atoms with Crippen molar-refractivity contribution in [1.29, 1.82) is 0 Å². The molecular formula is C8H8F2N2O2. The van der Waals surface area contributed by atoms with Gasteiger partial charge in [0, 0.05) is 0 Å². The largest absolute Gasteiger partial charge is 0.494 e. The number of halogens is 2. The van der Waals surface area contributed by atoms with Crippen LogP contribution in [0.5, 0.6) is 5.75 Å². The average Bonchev–Trinajstić information content (AvgIpc) is 2.21. The summed E-state index contributed by atoms with van der Waals surface area (Å²) in [5, 5.41) is 0. The molecule has 0 spiro atoms. The van der Waals surface area contributed by atoms with E-state index in [0.29, 0.717) is 0 Å². The highest BCUT2D eigenvalue weighted by Gasteiger charge is 2.18. The van der Waals surface area contributed by atoms with Crippen LogP contribution in [0, 0.1) is 11.6 Å². The molecule has 0 atom stereocenters. The zero-order chi connectivity index (χ0) is 10.7. The maximum Gasteiger partial charge on any atom is 0.268 e. The number of amides is 1. The van der Waals surface area contributed by atoms with E-state index in [1.54, 1.807) is 5.43 Å². The molecule has 0 unspecified atom stereocenters. The van der Waals surface area contributed by atoms with Gasteiger partial charge in [0.05, 0.1) is 12.7 Å². The fourth-order valence-corrected chi connectivity index (χ4v) is 0.943. The molecule has 14 heavy (non-hydrogen) atoms. The Balaban J connectivity index is 3.24. The lowest BCUT2D eigenvalue weighted by Crippen LogP contribution is -2.31. The molecule has 0 aliphatic heterocycles. The van der Waals surface area contributed by atoms with Gasteiger partial charge in [-0.3, -0.25) is 10.2 Å². The zero-order valence-corrected chi connectivity index (χ0v) is 7.30. The van der Waals surface area contributed by atoms with Gasteiger partial charge in [0.2, 0.25) is 5.82 Å². The molecule has 1 amide bonds. The predicted molar refractivity (Wildman–Crippen MR) is 44.6 cm³/mol. The van der Waals surface area contributed by atoms with Crippen LogP contribution in [0.4, 0.5) is 8.78 Å². The van der Waals surface area contributed by atoms with Gasteiger partial charge in [0.25, 0.3) is 5.91 Å². The first-order valence-electron chi connectivity index (χ1n) is 3.64. The average molecular weight is 202 g/mol. The molecule has 0 fully saturated rings. The van der Waals surface area contributed by atoms with Crippen molar-refractivity contribution in [1.82, 2.24) is 5.43 Å². The van der Waals surface area contributed by atoms with E-state index in [-0.39, 0.29) is 5.75 Å². The Morgan fingerprint density at radius 3 is 2.57 bits per heavy atom. The molecule has 3 N–H and O–H groups in total. The van der Waals surface area contributed by atoms with Crippen LogP contribution < -0.4 is 16.0 Å². The second-order valence-corrected chi connectivity index (χ2v) is 2.42. The fraction of sp³-hybridized carbons (Fsp3) is 0.125. The molecule has 0 bridgehead atoms. The molecule has 0 aliphatic carbocycles. The number of benzene rings is 1. The molecule has 0 saturated carbocycles. The van der Waals surface area contributed by atoms with E-state index < -0.39 is 23.1 Å². The third-order valence-electron chi connectivity index (χ3n) is 1.64. The van der Waals surface area contributed by atoms with Gasteiger partial charge >= 0.3 is 0 Å². The normalized spacial score (nSPS) is 9.71. The van der Waals surface area contributed by atoms with Gasteiger partial charge in [-0.05, 0) is 12.1 Å². The van der Waals surface area contributed by atoms with Crippen LogP contribution in [-0.2, 0) is 0 Å². The highest BCUT2D eigenvalue weighted by molar-refractivity contribution is 5.94. The summed E-state index contributed by atoms with van der Waals surface area (Å²) in [6.45, 7) is 0. The summed E-state index contributed by atoms with van der Waals surface area (Å²) in [7, 11) is 1.19. The van der Waals surface area contributed by atoms with E-state index in [4.69, 9.17) is 5.84 Å². The number of rotatable bonds is 2. The molecule has 76 valence electrons. The van der Waals surface area contributed by atoms with Crippen LogP contribution in [-0.4, -0.2) is 13.0 Å². The molecule has 0 heterocycles. The van der Waals surface area contributed by atoms with E-state index in [1.165, 1.54) is 7.11 Å². The van der Waals surface area contributed by atoms with Crippen LogP contribution in [0.3, 0.4) is 0 Å². The van der Waals surface area contributed by atoms with Gasteiger partial charge in [-0.2, -0.15) is 4.39 Å². The molecule has 1 aromatic carbocycles. The summed E-state index contributed by atoms with van der Waals surface area (Å²) in [4.78, 5) is 10.9. The Morgan fingerprint density at radius 1 is 1.43 bits per heavy atom. The molecule has 0 radical (unpaired) electrons. The summed E-state index contributed by atoms with van der Waals surface area (Å²) < 4.78 is 30.7. The standard InChI is InChI=1S/C8H8F2N2O2/c1-14-5-3-2-4(8(13)12-11)6(9)7(5)10/h2-3H,11H2,1H3,(H,12,13). The topological polar surface area (TPSA) is 64.3 Å². The van der Waals surface area contributed by atoms with Gasteiger partial charge in [-0.1, -0.05) is 0 Å². The molecule has 1 aromatic rings. The molecular weight excluding hydrogens is 194 g/mol. The SMILES string of the molecule is COc1ccc(C(=O)NN)c(F)c1F. The van der Waals surface area contributed by atoms with Crippen molar-refractivity contribution in [2.24, 2.45) is 5.84 Å². The van der Waals surface area contributed by atoms with Crippen molar-refractivity contribution in [3.05, 3.63) is 29.3 Å². The number of ether oxygens (including phenoxy) is 1. The monoisotopic (exact) mass is 202 g/mol. The molecule has 4 nitrogen and oxygen atoms in total. The number of nitrogens with one attached hydrogen (secondary N) is 1. The summed E-state index contributed by atoms with van der Waals surface area (Å²) >= 11 is 0. The van der Waals surface area contributed by atoms with Crippen molar-refractivity contribution in [3.8, 4) is 5.75 Å². The number of nitrogen functional groups attached to an aromatic ring is 1. The minimum atomic E-state index is -1.28. The number of carbonyl (C=O) groups is 1. The maximum absolute atomic E-state index is 13.1. The van der Waals surface area contributed by atoms with Gasteiger partial charge < -0.3 is 4.74 Å². The first kappa shape index (κ1) is 10.4. The molecule has 6 heteroatoms. The van der Waals surface area contributed by atoms with Gasteiger partial charge in [0.1, 0.15) is 0 Å². The van der Waals surface area contributed by atoms with Gasteiger partial charge in [-0.25, -0.2) is 10.2 Å². The Bertz CT molecular complexity index is 369. The van der Waals surface area contributed by atoms with E-state index in [0.717, 1.165) is 12.1 Å². The number of hydrogen-bond donors (Lipinski definition) is 2. The summed E-state index contributed by atoms with van der Waals surface area (Å²) in [6, 6.07) is 2.22. The Morgan fingerprint density at radius 2 is 2.07 bits per heavy atom. The third kappa shape index (κ3) is 1.64. The van der Waals surface area contributed by atoms with Crippen LogP contribution in [0.1, 0.15) is 10.4 Å². The van der Waals surface area contributed by atoms with Crippen molar-refractivity contribution >= 4 is 5.91 Å². The number of nitrogens with two attached hydrogens (primary N) is 1. The second kappa shape index (κ2) is 4.01. The van der Waals surface area contributed by atoms with E-state index in [1.807, 2.05) is 0 Å². The maximum atomic E-state index is 13.1. The summed E-state index contributed by atoms with van der Waals surface area (Å²) in [6.07, 6.45) is 0. The van der Waals surface area contributed by atoms with Crippen molar-refractivity contribution in [2.75, 3.05) is 7.11 Å². The third-order valence-corrected chi connectivity index (χ3v) is 1.64. The van der Waals surface area contributed by atoms with Gasteiger partial charge in [-0.15, -0.1) is 0 Å². The molecule has 0 saturated heterocycles. The highest BCUT2D eigenvalue weighted by Crippen LogP contribution is 2.21. The Hall–Kier alpha value is -1.69. The lowest BCUT2D eigenvalue weighted by molar-refractivity contribution is 0.0948. The minimum Gasteiger partial charge on any atom is -0.494 e. The summed E-state index contributed by atoms with van der Waals surface area (Å²) in [5.74, 6) is 1.11. The smallest absolute Gasteiger partial charge is 0.268 e. The fourth-order valence-electron chi connectivity index (χ4n) is 0.943. The molecule has 0 aliphatic rings. The van der Waals surface area contributed by atoms with Crippen LogP contribution in [0.15, 0.2) is 12.1 Å².